The van der Waals surface area contributed by atoms with Gasteiger partial charge in [0.1, 0.15) is 10.0 Å². The number of amides is 2. The fourth-order valence-corrected chi connectivity index (χ4v) is 6.71. The van der Waals surface area contributed by atoms with Crippen LogP contribution in [0.5, 0.6) is 0 Å². The molecule has 0 bridgehead atoms. The third-order valence-electron chi connectivity index (χ3n) is 6.37. The molecule has 0 spiro atoms. The number of nitrogens with one attached hydrogen (secondary N) is 2. The number of anilines is 2. The quantitative estimate of drug-likeness (QED) is 0.168. The summed E-state index contributed by atoms with van der Waals surface area (Å²) < 4.78 is 0. The summed E-state index contributed by atoms with van der Waals surface area (Å²) in [5, 5.41) is 35.8. The van der Waals surface area contributed by atoms with E-state index in [-0.39, 0.29) is 18.2 Å². The molecule has 0 saturated heterocycles. The van der Waals surface area contributed by atoms with Gasteiger partial charge in [-0.1, -0.05) is 97.2 Å². The maximum atomic E-state index is 12.8. The average Bonchev–Trinajstić information content (AvgIpc) is 3.63. The van der Waals surface area contributed by atoms with Gasteiger partial charge < -0.3 is 5.11 Å². The highest BCUT2D eigenvalue weighted by Crippen LogP contribution is 2.28. The van der Waals surface area contributed by atoms with Crippen LogP contribution >= 0.6 is 34.4 Å². The topological polar surface area (TPSA) is 130 Å². The van der Waals surface area contributed by atoms with Crippen molar-refractivity contribution in [2.45, 2.75) is 51.0 Å². The van der Waals surface area contributed by atoms with Crippen molar-refractivity contribution in [2.24, 2.45) is 0 Å². The summed E-state index contributed by atoms with van der Waals surface area (Å²) in [6, 6.07) is 18.6. The van der Waals surface area contributed by atoms with Crippen molar-refractivity contribution in [2.75, 3.05) is 22.1 Å². The number of aromatic nitrogens is 4. The molecule has 210 valence electrons. The van der Waals surface area contributed by atoms with Crippen LogP contribution in [0.3, 0.4) is 0 Å². The Balaban J connectivity index is 1.19. The largest absolute Gasteiger partial charge is 0.375 e. The lowest BCUT2D eigenvalue weighted by Crippen LogP contribution is -2.39. The van der Waals surface area contributed by atoms with Crippen LogP contribution in [0.2, 0.25) is 0 Å². The van der Waals surface area contributed by atoms with Crippen molar-refractivity contribution in [1.29, 1.82) is 0 Å². The monoisotopic (exact) mass is 596 g/mol. The fourth-order valence-electron chi connectivity index (χ4n) is 4.09. The smallest absolute Gasteiger partial charge is 0.262 e. The van der Waals surface area contributed by atoms with Gasteiger partial charge in [-0.15, -0.1) is 20.4 Å². The van der Waals surface area contributed by atoms with Crippen molar-refractivity contribution >= 4 is 56.5 Å². The molecule has 12 heteroatoms. The van der Waals surface area contributed by atoms with E-state index in [2.05, 4.69) is 31.0 Å². The molecule has 2 heterocycles. The molecule has 2 aromatic carbocycles. The summed E-state index contributed by atoms with van der Waals surface area (Å²) in [5.74, 6) is 0.880. The number of hydrogen-bond acceptors (Lipinski definition) is 10. The molecule has 0 aliphatic carbocycles. The molecular formula is C28H32N6O3S3. The van der Waals surface area contributed by atoms with Crippen molar-refractivity contribution in [3.63, 3.8) is 0 Å². The molecule has 0 unspecified atom stereocenters. The van der Waals surface area contributed by atoms with Crippen LogP contribution in [0.1, 0.15) is 53.7 Å². The lowest BCUT2D eigenvalue weighted by atomic mass is 9.90. The first-order valence-corrected chi connectivity index (χ1v) is 15.9. The number of rotatable bonds is 14. The highest BCUT2D eigenvalue weighted by molar-refractivity contribution is 7.99. The molecule has 2 amide bonds. The van der Waals surface area contributed by atoms with Crippen LogP contribution < -0.4 is 10.6 Å². The van der Waals surface area contributed by atoms with Gasteiger partial charge in [0.2, 0.25) is 16.2 Å². The number of carbonyl (C=O) groups is 2. The van der Waals surface area contributed by atoms with Gasteiger partial charge in [-0.2, -0.15) is 11.8 Å². The highest BCUT2D eigenvalue weighted by Gasteiger charge is 2.36. The summed E-state index contributed by atoms with van der Waals surface area (Å²) in [6.45, 7) is 3.76. The van der Waals surface area contributed by atoms with Gasteiger partial charge in [-0.25, -0.2) is 0 Å². The van der Waals surface area contributed by atoms with E-state index in [0.717, 1.165) is 33.5 Å². The number of hydrogen-bond donors (Lipinski definition) is 3. The van der Waals surface area contributed by atoms with Crippen LogP contribution in [0.15, 0.2) is 60.7 Å². The Morgan fingerprint density at radius 1 is 0.850 bits per heavy atom. The zero-order valence-electron chi connectivity index (χ0n) is 22.4. The summed E-state index contributed by atoms with van der Waals surface area (Å²) in [6.07, 6.45) is 2.40. The minimum Gasteiger partial charge on any atom is -0.375 e. The van der Waals surface area contributed by atoms with Crippen LogP contribution in [0.25, 0.3) is 0 Å². The van der Waals surface area contributed by atoms with Crippen LogP contribution in [0, 0.1) is 0 Å². The second-order valence-electron chi connectivity index (χ2n) is 9.01. The second-order valence-corrected chi connectivity index (χ2v) is 12.4. The van der Waals surface area contributed by atoms with Gasteiger partial charge in [-0.05, 0) is 35.5 Å². The summed E-state index contributed by atoms with van der Waals surface area (Å²) in [5.41, 5.74) is -0.0998. The number of aliphatic hydroxyl groups is 1. The standard InChI is InChI=1S/C28H32N6O3S3/c1-3-21(19-11-7-5-8-12-19)24(35)29-26-33-31-22(39-26)15-17-38-18-16-23-32-34-27(40-23)30-25(36)28(37,4-2)20-13-9-6-10-14-20/h5-14,21,37H,3-4,15-18H2,1-2H3,(H,29,33,35)(H,30,34,36)/t21-,28-/m0/s1. The number of aryl methyl sites for hydroxylation is 2. The lowest BCUT2D eigenvalue weighted by molar-refractivity contribution is -0.135. The minimum atomic E-state index is -1.63. The molecule has 2 aromatic heterocycles. The predicted molar refractivity (Wildman–Crippen MR) is 162 cm³/mol. The minimum absolute atomic E-state index is 0.0715. The molecule has 9 nitrogen and oxygen atoms in total. The third-order valence-corrected chi connectivity index (χ3v) is 9.15. The summed E-state index contributed by atoms with van der Waals surface area (Å²) in [7, 11) is 0. The molecular weight excluding hydrogens is 565 g/mol. The molecule has 0 aliphatic heterocycles. The lowest BCUT2D eigenvalue weighted by Gasteiger charge is -2.25. The van der Waals surface area contributed by atoms with Gasteiger partial charge in [0, 0.05) is 12.8 Å². The van der Waals surface area contributed by atoms with Crippen LogP contribution in [-0.2, 0) is 28.0 Å². The Labute approximate surface area is 245 Å². The van der Waals surface area contributed by atoms with Gasteiger partial charge in [0.25, 0.3) is 5.91 Å². The van der Waals surface area contributed by atoms with E-state index in [1.807, 2.05) is 43.3 Å². The van der Waals surface area contributed by atoms with E-state index in [0.29, 0.717) is 28.7 Å². The van der Waals surface area contributed by atoms with E-state index in [4.69, 9.17) is 0 Å². The summed E-state index contributed by atoms with van der Waals surface area (Å²) >= 11 is 4.47. The maximum Gasteiger partial charge on any atom is 0.262 e. The molecule has 2 atom stereocenters. The highest BCUT2D eigenvalue weighted by atomic mass is 32.2. The van der Waals surface area contributed by atoms with Crippen molar-refractivity contribution in [3.05, 3.63) is 81.8 Å². The molecule has 0 fully saturated rings. The zero-order valence-corrected chi connectivity index (χ0v) is 24.8. The second kappa shape index (κ2) is 14.4. The first-order chi connectivity index (χ1) is 19.4. The van der Waals surface area contributed by atoms with E-state index in [9.17, 15) is 14.7 Å². The molecule has 0 radical (unpaired) electrons. The first-order valence-electron chi connectivity index (χ1n) is 13.1. The Hall–Kier alpha value is -3.19. The molecule has 40 heavy (non-hydrogen) atoms. The van der Waals surface area contributed by atoms with E-state index in [1.54, 1.807) is 43.0 Å². The van der Waals surface area contributed by atoms with Crippen molar-refractivity contribution < 1.29 is 14.7 Å². The molecule has 0 saturated carbocycles. The normalized spacial score (nSPS) is 13.4. The Morgan fingerprint density at radius 2 is 1.40 bits per heavy atom. The molecule has 3 N–H and O–H groups in total. The average molecular weight is 597 g/mol. The van der Waals surface area contributed by atoms with Crippen LogP contribution in [0.4, 0.5) is 10.3 Å². The Bertz CT molecular complexity index is 1380. The van der Waals surface area contributed by atoms with Gasteiger partial charge in [-0.3, -0.25) is 20.2 Å². The van der Waals surface area contributed by atoms with E-state index in [1.165, 1.54) is 22.7 Å². The molecule has 0 aliphatic rings. The predicted octanol–water partition coefficient (Wildman–Crippen LogP) is 5.28. The van der Waals surface area contributed by atoms with Crippen molar-refractivity contribution in [1.82, 2.24) is 20.4 Å². The van der Waals surface area contributed by atoms with Gasteiger partial charge in [0.05, 0.1) is 5.92 Å². The first kappa shape index (κ1) is 29.8. The number of carbonyl (C=O) groups excluding carboxylic acids is 2. The van der Waals surface area contributed by atoms with Gasteiger partial charge >= 0.3 is 0 Å². The van der Waals surface area contributed by atoms with Gasteiger partial charge in [0.15, 0.2) is 5.60 Å². The SMILES string of the molecule is CC[C@H](C(=O)Nc1nnc(CCSCCc2nnc(NC(=O)[C@](O)(CC)c3ccccc3)s2)s1)c1ccccc1. The van der Waals surface area contributed by atoms with Crippen molar-refractivity contribution in [3.8, 4) is 0 Å². The van der Waals surface area contributed by atoms with Crippen LogP contribution in [-0.4, -0.2) is 48.8 Å². The van der Waals surface area contributed by atoms with E-state index >= 15 is 0 Å². The summed E-state index contributed by atoms with van der Waals surface area (Å²) in [4.78, 5) is 25.6. The number of benzene rings is 2. The molecule has 4 aromatic rings. The zero-order chi connectivity index (χ0) is 28.4. The fraction of sp³-hybridized carbons (Fsp3) is 0.357. The third kappa shape index (κ3) is 7.72. The van der Waals surface area contributed by atoms with E-state index < -0.39 is 11.5 Å². The number of nitrogens with zero attached hydrogens (tertiary/aromatic N) is 4. The maximum absolute atomic E-state index is 12.8. The number of thioether (sulfide) groups is 1. The Morgan fingerprint density at radius 3 is 1.95 bits per heavy atom. The Kier molecular flexibility index (Phi) is 10.8. The molecule has 4 rings (SSSR count).